The van der Waals surface area contributed by atoms with Crippen LogP contribution in [0.5, 0.6) is 11.5 Å². The third-order valence-corrected chi connectivity index (χ3v) is 7.61. The molecule has 1 spiro atoms. The lowest BCUT2D eigenvalue weighted by Crippen LogP contribution is -2.52. The Labute approximate surface area is 206 Å². The fraction of sp³-hybridized carbons (Fsp3) is 0.542. The molecule has 4 heterocycles. The molecule has 192 valence electrons. The zero-order valence-corrected chi connectivity index (χ0v) is 20.0. The van der Waals surface area contributed by atoms with Gasteiger partial charge >= 0.3 is 6.36 Å². The van der Waals surface area contributed by atoms with Crippen LogP contribution < -0.4 is 25.0 Å². The first-order chi connectivity index (χ1) is 17.3. The molecule has 36 heavy (non-hydrogen) atoms. The summed E-state index contributed by atoms with van der Waals surface area (Å²) < 4.78 is 50.2. The van der Waals surface area contributed by atoms with Crippen molar-refractivity contribution in [2.45, 2.75) is 45.0 Å². The number of nitrogens with two attached hydrogens (primary N) is 1. The third kappa shape index (κ3) is 3.97. The van der Waals surface area contributed by atoms with Crippen LogP contribution in [0.15, 0.2) is 24.3 Å². The number of piperidine rings is 1. The van der Waals surface area contributed by atoms with Crippen molar-refractivity contribution >= 4 is 17.2 Å². The average molecular weight is 504 g/mol. The summed E-state index contributed by atoms with van der Waals surface area (Å²) in [5, 5.41) is 13.6. The molecular weight excluding hydrogens is 475 g/mol. The van der Waals surface area contributed by atoms with Crippen LogP contribution in [-0.4, -0.2) is 65.0 Å². The van der Waals surface area contributed by atoms with Crippen molar-refractivity contribution in [3.05, 3.63) is 24.3 Å². The summed E-state index contributed by atoms with van der Waals surface area (Å²) in [6.45, 7) is 5.80. The van der Waals surface area contributed by atoms with Crippen molar-refractivity contribution < 1.29 is 22.6 Å². The Bertz CT molecular complexity index is 1280. The third-order valence-electron chi connectivity index (χ3n) is 7.61. The second kappa shape index (κ2) is 8.39. The molecule has 0 atom stereocenters. The molecule has 2 N–H and O–H groups in total. The van der Waals surface area contributed by atoms with Crippen LogP contribution in [0.3, 0.4) is 0 Å². The number of hydrogen-bond acceptors (Lipinski definition) is 8. The minimum Gasteiger partial charge on any atom is -0.486 e. The van der Waals surface area contributed by atoms with Gasteiger partial charge in [0, 0.05) is 31.2 Å². The first-order valence-corrected chi connectivity index (χ1v) is 12.3. The maximum atomic E-state index is 12.8. The Balaban J connectivity index is 1.43. The van der Waals surface area contributed by atoms with E-state index >= 15 is 0 Å². The van der Waals surface area contributed by atoms with Gasteiger partial charge in [0.05, 0.1) is 6.54 Å². The van der Waals surface area contributed by atoms with Crippen molar-refractivity contribution in [2.75, 3.05) is 42.6 Å². The molecule has 9 nitrogen and oxygen atoms in total. The second-order valence-corrected chi connectivity index (χ2v) is 9.92. The molecule has 3 aromatic rings. The van der Waals surface area contributed by atoms with Crippen molar-refractivity contribution in [3.8, 4) is 22.9 Å². The number of hydrogen-bond donors (Lipinski definition) is 1. The zero-order valence-electron chi connectivity index (χ0n) is 20.0. The SMILES string of the molecule is CCN1CCOc2c1c(N1CCC3(CC1)CC(N)C3)nn1c(-c3cccc(OC(F)(F)F)c3)nnc21. The van der Waals surface area contributed by atoms with Gasteiger partial charge in [-0.3, -0.25) is 0 Å². The Morgan fingerprint density at radius 3 is 2.64 bits per heavy atom. The highest BCUT2D eigenvalue weighted by Gasteiger charge is 2.45. The summed E-state index contributed by atoms with van der Waals surface area (Å²) in [5.41, 5.74) is 8.16. The Morgan fingerprint density at radius 2 is 1.94 bits per heavy atom. The molecule has 0 amide bonds. The van der Waals surface area contributed by atoms with Gasteiger partial charge in [-0.25, -0.2) is 0 Å². The quantitative estimate of drug-likeness (QED) is 0.577. The number of likely N-dealkylation sites (N-methyl/N-ethyl adjacent to an activating group) is 1. The topological polar surface area (TPSA) is 94.0 Å². The fourth-order valence-corrected chi connectivity index (χ4v) is 5.85. The summed E-state index contributed by atoms with van der Waals surface area (Å²) in [5.74, 6) is 1.36. The van der Waals surface area contributed by atoms with E-state index in [1.54, 1.807) is 10.6 Å². The predicted molar refractivity (Wildman–Crippen MR) is 127 cm³/mol. The number of alkyl halides is 3. The highest BCUT2D eigenvalue weighted by atomic mass is 19.4. The number of rotatable bonds is 4. The van der Waals surface area contributed by atoms with Crippen LogP contribution >= 0.6 is 0 Å². The van der Waals surface area contributed by atoms with E-state index in [2.05, 4.69) is 31.7 Å². The van der Waals surface area contributed by atoms with Crippen molar-refractivity contribution in [1.82, 2.24) is 19.8 Å². The fourth-order valence-electron chi connectivity index (χ4n) is 5.85. The smallest absolute Gasteiger partial charge is 0.486 e. The molecule has 2 aliphatic heterocycles. The van der Waals surface area contributed by atoms with Gasteiger partial charge in [0.1, 0.15) is 18.0 Å². The normalized spacial score (nSPS) is 19.8. The van der Waals surface area contributed by atoms with Crippen LogP contribution in [0.1, 0.15) is 32.6 Å². The van der Waals surface area contributed by atoms with Crippen LogP contribution in [0.4, 0.5) is 24.7 Å². The molecule has 2 fully saturated rings. The van der Waals surface area contributed by atoms with Crippen LogP contribution in [0, 0.1) is 5.41 Å². The number of halogens is 3. The zero-order chi connectivity index (χ0) is 25.1. The summed E-state index contributed by atoms with van der Waals surface area (Å²) >= 11 is 0. The lowest BCUT2D eigenvalue weighted by Gasteiger charge is -2.51. The monoisotopic (exact) mass is 503 g/mol. The van der Waals surface area contributed by atoms with Gasteiger partial charge in [-0.05, 0) is 50.2 Å². The largest absolute Gasteiger partial charge is 0.573 e. The summed E-state index contributed by atoms with van der Waals surface area (Å²) in [7, 11) is 0. The molecular formula is C24H28F3N7O2. The maximum Gasteiger partial charge on any atom is 0.573 e. The predicted octanol–water partition coefficient (Wildman–Crippen LogP) is 3.62. The lowest BCUT2D eigenvalue weighted by atomic mass is 9.61. The van der Waals surface area contributed by atoms with Crippen LogP contribution in [0.2, 0.25) is 0 Å². The molecule has 12 heteroatoms. The summed E-state index contributed by atoms with van der Waals surface area (Å²) in [4.78, 5) is 4.51. The average Bonchev–Trinajstić information content (AvgIpc) is 3.26. The molecule has 1 saturated carbocycles. The lowest BCUT2D eigenvalue weighted by molar-refractivity contribution is -0.274. The molecule has 0 bridgehead atoms. The highest BCUT2D eigenvalue weighted by Crippen LogP contribution is 2.50. The van der Waals surface area contributed by atoms with E-state index in [9.17, 15) is 13.2 Å². The van der Waals surface area contributed by atoms with Gasteiger partial charge in [-0.1, -0.05) is 12.1 Å². The van der Waals surface area contributed by atoms with Gasteiger partial charge < -0.3 is 25.0 Å². The van der Waals surface area contributed by atoms with Gasteiger partial charge in [-0.2, -0.15) is 4.52 Å². The molecule has 6 rings (SSSR count). The molecule has 1 aliphatic carbocycles. The number of anilines is 2. The van der Waals surface area contributed by atoms with Gasteiger partial charge in [-0.15, -0.1) is 28.5 Å². The number of nitrogens with zero attached hydrogens (tertiary/aromatic N) is 6. The Morgan fingerprint density at radius 1 is 1.17 bits per heavy atom. The van der Waals surface area contributed by atoms with Crippen LogP contribution in [-0.2, 0) is 0 Å². The minimum absolute atomic E-state index is 0.305. The number of ether oxygens (including phenoxy) is 2. The van der Waals surface area contributed by atoms with Crippen molar-refractivity contribution in [3.63, 3.8) is 0 Å². The maximum absolute atomic E-state index is 12.8. The molecule has 1 aromatic carbocycles. The van der Waals surface area contributed by atoms with E-state index in [-0.39, 0.29) is 5.75 Å². The molecule has 2 aromatic heterocycles. The standard InChI is InChI=1S/C24H28F3N7O2/c1-2-32-10-11-35-19-18(32)21(33-8-6-23(7-9-33)13-16(28)14-23)31-34-20(29-30-22(19)34)15-4-3-5-17(12-15)36-24(25,26)27/h3-5,12,16H,2,6-11,13-14,28H2,1H3. The summed E-state index contributed by atoms with van der Waals surface area (Å²) in [6.07, 6.45) is -0.547. The van der Waals surface area contributed by atoms with E-state index in [0.717, 1.165) is 63.4 Å². The summed E-state index contributed by atoms with van der Waals surface area (Å²) in [6, 6.07) is 5.98. The minimum atomic E-state index is -4.79. The van der Waals surface area contributed by atoms with E-state index in [1.807, 2.05) is 0 Å². The number of benzene rings is 1. The van der Waals surface area contributed by atoms with E-state index in [4.69, 9.17) is 15.6 Å². The molecule has 3 aliphatic rings. The van der Waals surface area contributed by atoms with Crippen molar-refractivity contribution in [1.29, 1.82) is 0 Å². The van der Waals surface area contributed by atoms with E-state index in [1.165, 1.54) is 18.2 Å². The highest BCUT2D eigenvalue weighted by molar-refractivity contribution is 5.83. The van der Waals surface area contributed by atoms with E-state index in [0.29, 0.717) is 40.8 Å². The van der Waals surface area contributed by atoms with Crippen molar-refractivity contribution in [2.24, 2.45) is 11.1 Å². The van der Waals surface area contributed by atoms with Gasteiger partial charge in [0.15, 0.2) is 17.4 Å². The Kier molecular flexibility index (Phi) is 5.39. The first kappa shape index (κ1) is 23.1. The second-order valence-electron chi connectivity index (χ2n) is 9.92. The molecule has 0 radical (unpaired) electrons. The molecule has 0 unspecified atom stereocenters. The van der Waals surface area contributed by atoms with Crippen LogP contribution in [0.25, 0.3) is 17.0 Å². The Hall–Kier alpha value is -3.28. The van der Waals surface area contributed by atoms with Gasteiger partial charge in [0.2, 0.25) is 5.65 Å². The van der Waals surface area contributed by atoms with Gasteiger partial charge in [0.25, 0.3) is 0 Å². The molecule has 1 saturated heterocycles. The number of aromatic nitrogens is 4. The number of fused-ring (bicyclic) bond motifs is 3. The first-order valence-electron chi connectivity index (χ1n) is 12.3. The van der Waals surface area contributed by atoms with E-state index < -0.39 is 6.36 Å².